The molecule has 6 heteroatoms. The van der Waals surface area contributed by atoms with Crippen LogP contribution < -0.4 is 5.32 Å². The normalized spacial score (nSPS) is 15.1. The summed E-state index contributed by atoms with van der Waals surface area (Å²) < 4.78 is 4.81. The average molecular weight is 437 g/mol. The summed E-state index contributed by atoms with van der Waals surface area (Å²) in [4.78, 5) is 39.1. The lowest BCUT2D eigenvalue weighted by atomic mass is 9.94. The highest BCUT2D eigenvalue weighted by Gasteiger charge is 2.29. The first kappa shape index (κ1) is 23.5. The number of likely N-dealkylation sites (tertiary alicyclic amines) is 1. The van der Waals surface area contributed by atoms with Crippen molar-refractivity contribution in [1.29, 1.82) is 0 Å². The van der Waals surface area contributed by atoms with E-state index < -0.39 is 0 Å². The maximum Gasteiger partial charge on any atom is 0.307 e. The van der Waals surface area contributed by atoms with Crippen LogP contribution in [0.2, 0.25) is 0 Å². The predicted octanol–water partition coefficient (Wildman–Crippen LogP) is 3.15. The van der Waals surface area contributed by atoms with E-state index in [9.17, 15) is 14.4 Å². The summed E-state index contributed by atoms with van der Waals surface area (Å²) in [6.07, 6.45) is 3.19. The minimum absolute atomic E-state index is 0.0498. The Kier molecular flexibility index (Phi) is 8.84. The van der Waals surface area contributed by atoms with Gasteiger partial charge in [0.05, 0.1) is 13.5 Å². The fourth-order valence-electron chi connectivity index (χ4n) is 4.12. The van der Waals surface area contributed by atoms with E-state index in [-0.39, 0.29) is 36.2 Å². The second kappa shape index (κ2) is 12.0. The fraction of sp³-hybridized carbons (Fsp3) is 0.423. The van der Waals surface area contributed by atoms with Crippen LogP contribution in [0, 0.1) is 5.92 Å². The summed E-state index contributed by atoms with van der Waals surface area (Å²) >= 11 is 0. The monoisotopic (exact) mass is 436 g/mol. The van der Waals surface area contributed by atoms with Crippen LogP contribution in [0.3, 0.4) is 0 Å². The summed E-state index contributed by atoms with van der Waals surface area (Å²) in [6, 6.07) is 19.5. The third-order valence-corrected chi connectivity index (χ3v) is 6.00. The molecule has 170 valence electrons. The molecule has 3 rings (SSSR count). The van der Waals surface area contributed by atoms with Gasteiger partial charge in [0.2, 0.25) is 11.8 Å². The van der Waals surface area contributed by atoms with Crippen molar-refractivity contribution in [1.82, 2.24) is 10.2 Å². The number of esters is 1. The summed E-state index contributed by atoms with van der Waals surface area (Å²) in [5.41, 5.74) is 2.21. The SMILES string of the molecule is COC(=O)C[C@H](Cc1ccccc1)NC(=O)C1CCN(C(=O)CCc2ccccc2)CC1. The van der Waals surface area contributed by atoms with E-state index in [1.165, 1.54) is 7.11 Å². The van der Waals surface area contributed by atoms with E-state index in [1.54, 1.807) is 0 Å². The van der Waals surface area contributed by atoms with Gasteiger partial charge in [0.1, 0.15) is 0 Å². The zero-order chi connectivity index (χ0) is 22.8. The van der Waals surface area contributed by atoms with Crippen LogP contribution in [0.5, 0.6) is 0 Å². The minimum atomic E-state index is -0.343. The molecule has 1 aliphatic heterocycles. The Bertz CT molecular complexity index is 877. The predicted molar refractivity (Wildman–Crippen MR) is 123 cm³/mol. The highest BCUT2D eigenvalue weighted by Crippen LogP contribution is 2.19. The minimum Gasteiger partial charge on any atom is -0.469 e. The van der Waals surface area contributed by atoms with Crippen molar-refractivity contribution in [3.8, 4) is 0 Å². The Labute approximate surface area is 189 Å². The van der Waals surface area contributed by atoms with E-state index in [4.69, 9.17) is 4.74 Å². The van der Waals surface area contributed by atoms with Crippen LogP contribution in [-0.4, -0.2) is 48.9 Å². The van der Waals surface area contributed by atoms with E-state index in [0.717, 1.165) is 17.5 Å². The molecule has 0 spiro atoms. The molecule has 0 bridgehead atoms. The molecule has 2 aromatic carbocycles. The van der Waals surface area contributed by atoms with Gasteiger partial charge in [-0.25, -0.2) is 0 Å². The molecule has 2 aromatic rings. The number of carbonyl (C=O) groups is 3. The van der Waals surface area contributed by atoms with Gasteiger partial charge in [-0.1, -0.05) is 60.7 Å². The second-order valence-corrected chi connectivity index (χ2v) is 8.32. The Morgan fingerprint density at radius 1 is 0.969 bits per heavy atom. The molecule has 2 amide bonds. The molecule has 1 N–H and O–H groups in total. The summed E-state index contributed by atoms with van der Waals surface area (Å²) in [6.45, 7) is 1.18. The average Bonchev–Trinajstić information content (AvgIpc) is 2.83. The molecule has 0 unspecified atom stereocenters. The van der Waals surface area contributed by atoms with Gasteiger partial charge in [-0.05, 0) is 36.8 Å². The van der Waals surface area contributed by atoms with Crippen LogP contribution in [0.15, 0.2) is 60.7 Å². The molecule has 1 fully saturated rings. The van der Waals surface area contributed by atoms with E-state index in [0.29, 0.717) is 38.8 Å². The molecule has 1 atom stereocenters. The molecule has 6 nitrogen and oxygen atoms in total. The number of carbonyl (C=O) groups excluding carboxylic acids is 3. The molecular formula is C26H32N2O4. The second-order valence-electron chi connectivity index (χ2n) is 8.32. The smallest absolute Gasteiger partial charge is 0.307 e. The number of rotatable bonds is 9. The Morgan fingerprint density at radius 2 is 1.56 bits per heavy atom. The fourth-order valence-corrected chi connectivity index (χ4v) is 4.12. The molecule has 1 aliphatic rings. The maximum atomic E-state index is 12.9. The third-order valence-electron chi connectivity index (χ3n) is 6.00. The summed E-state index contributed by atoms with van der Waals surface area (Å²) in [7, 11) is 1.36. The van der Waals surface area contributed by atoms with Gasteiger partial charge < -0.3 is 15.0 Å². The van der Waals surface area contributed by atoms with Gasteiger partial charge in [-0.15, -0.1) is 0 Å². The standard InChI is InChI=1S/C26H32N2O4/c1-32-25(30)19-23(18-21-10-6-3-7-11-21)27-26(31)22-14-16-28(17-15-22)24(29)13-12-20-8-4-2-5-9-20/h2-11,22-23H,12-19H2,1H3,(H,27,31)/t23-/m0/s1. The first-order valence-electron chi connectivity index (χ1n) is 11.3. The summed E-state index contributed by atoms with van der Waals surface area (Å²) in [5.74, 6) is -0.402. The van der Waals surface area contributed by atoms with Crippen LogP contribution >= 0.6 is 0 Å². The van der Waals surface area contributed by atoms with Gasteiger partial charge in [-0.2, -0.15) is 0 Å². The lowest BCUT2D eigenvalue weighted by molar-refractivity contribution is -0.141. The van der Waals surface area contributed by atoms with E-state index in [2.05, 4.69) is 5.32 Å². The molecule has 1 heterocycles. The molecular weight excluding hydrogens is 404 g/mol. The van der Waals surface area contributed by atoms with Gasteiger partial charge in [0, 0.05) is 31.5 Å². The van der Waals surface area contributed by atoms with Crippen molar-refractivity contribution >= 4 is 17.8 Å². The number of aryl methyl sites for hydroxylation is 1. The Balaban J connectivity index is 1.48. The number of piperidine rings is 1. The molecule has 0 aromatic heterocycles. The van der Waals surface area contributed by atoms with Gasteiger partial charge in [0.15, 0.2) is 0 Å². The lowest BCUT2D eigenvalue weighted by Gasteiger charge is -2.32. The van der Waals surface area contributed by atoms with Crippen molar-refractivity contribution in [3.05, 3.63) is 71.8 Å². The Hall–Kier alpha value is -3.15. The first-order valence-corrected chi connectivity index (χ1v) is 11.3. The van der Waals surface area contributed by atoms with Gasteiger partial charge in [-0.3, -0.25) is 14.4 Å². The van der Waals surface area contributed by atoms with Crippen molar-refractivity contribution in [2.24, 2.45) is 5.92 Å². The maximum absolute atomic E-state index is 12.9. The molecule has 32 heavy (non-hydrogen) atoms. The number of nitrogens with one attached hydrogen (secondary N) is 1. The van der Waals surface area contributed by atoms with Crippen molar-refractivity contribution < 1.29 is 19.1 Å². The number of nitrogens with zero attached hydrogens (tertiary/aromatic N) is 1. The largest absolute Gasteiger partial charge is 0.469 e. The third kappa shape index (κ3) is 7.22. The number of ether oxygens (including phenoxy) is 1. The number of methoxy groups -OCH3 is 1. The number of hydrogen-bond donors (Lipinski definition) is 1. The topological polar surface area (TPSA) is 75.7 Å². The first-order chi connectivity index (χ1) is 15.5. The van der Waals surface area contributed by atoms with E-state index in [1.807, 2.05) is 65.6 Å². The molecule has 0 aliphatic carbocycles. The van der Waals surface area contributed by atoms with Gasteiger partial charge in [0.25, 0.3) is 0 Å². The summed E-state index contributed by atoms with van der Waals surface area (Å²) in [5, 5.41) is 3.05. The van der Waals surface area contributed by atoms with E-state index >= 15 is 0 Å². The highest BCUT2D eigenvalue weighted by molar-refractivity contribution is 5.81. The highest BCUT2D eigenvalue weighted by atomic mass is 16.5. The number of amides is 2. The molecule has 0 radical (unpaired) electrons. The number of hydrogen-bond acceptors (Lipinski definition) is 4. The zero-order valence-electron chi connectivity index (χ0n) is 18.7. The van der Waals surface area contributed by atoms with Crippen LogP contribution in [0.4, 0.5) is 0 Å². The van der Waals surface area contributed by atoms with Crippen LogP contribution in [0.1, 0.15) is 36.8 Å². The Morgan fingerprint density at radius 3 is 2.16 bits per heavy atom. The zero-order valence-corrected chi connectivity index (χ0v) is 18.7. The van der Waals surface area contributed by atoms with Crippen molar-refractivity contribution in [2.75, 3.05) is 20.2 Å². The quantitative estimate of drug-likeness (QED) is 0.613. The van der Waals surface area contributed by atoms with Crippen LogP contribution in [0.25, 0.3) is 0 Å². The molecule has 1 saturated heterocycles. The lowest BCUT2D eigenvalue weighted by Crippen LogP contribution is -2.46. The van der Waals surface area contributed by atoms with Crippen LogP contribution in [-0.2, 0) is 32.0 Å². The van der Waals surface area contributed by atoms with Crippen molar-refractivity contribution in [2.45, 2.75) is 44.6 Å². The van der Waals surface area contributed by atoms with Gasteiger partial charge >= 0.3 is 5.97 Å². The number of benzene rings is 2. The molecule has 0 saturated carbocycles. The van der Waals surface area contributed by atoms with Crippen molar-refractivity contribution in [3.63, 3.8) is 0 Å².